The third-order valence-electron chi connectivity index (χ3n) is 5.44. The predicted octanol–water partition coefficient (Wildman–Crippen LogP) is 2.17. The van der Waals surface area contributed by atoms with E-state index in [2.05, 4.69) is 27.0 Å². The minimum absolute atomic E-state index is 0.0246. The van der Waals surface area contributed by atoms with Crippen LogP contribution in [0.15, 0.2) is 59.5 Å². The van der Waals surface area contributed by atoms with Crippen LogP contribution in [0, 0.1) is 0 Å². The Balaban J connectivity index is 1.37. The molecule has 1 fully saturated rings. The van der Waals surface area contributed by atoms with Crippen molar-refractivity contribution in [3.05, 3.63) is 70.6 Å². The summed E-state index contributed by atoms with van der Waals surface area (Å²) in [5.41, 5.74) is 2.79. The minimum atomic E-state index is 0.0246. The number of anilines is 1. The Labute approximate surface area is 170 Å². The molecule has 1 aliphatic rings. The molecule has 4 rings (SSSR count). The Morgan fingerprint density at radius 3 is 2.62 bits per heavy atom. The topological polar surface area (TPSA) is 63.5 Å². The maximum absolute atomic E-state index is 11.8. The molecule has 1 aliphatic heterocycles. The van der Waals surface area contributed by atoms with Crippen molar-refractivity contribution in [2.75, 3.05) is 32.1 Å². The van der Waals surface area contributed by atoms with Gasteiger partial charge in [-0.3, -0.25) is 9.69 Å². The van der Waals surface area contributed by atoms with E-state index in [1.54, 1.807) is 24.8 Å². The molecule has 0 spiro atoms. The Morgan fingerprint density at radius 2 is 1.93 bits per heavy atom. The summed E-state index contributed by atoms with van der Waals surface area (Å²) in [5.74, 6) is 1.66. The molecule has 0 amide bonds. The van der Waals surface area contributed by atoms with E-state index >= 15 is 0 Å². The molecule has 3 heterocycles. The highest BCUT2D eigenvalue weighted by molar-refractivity contribution is 5.67. The smallest absolute Gasteiger partial charge is 0.250 e. The summed E-state index contributed by atoms with van der Waals surface area (Å²) < 4.78 is 6.99. The van der Waals surface area contributed by atoms with E-state index < -0.39 is 0 Å². The lowest BCUT2D eigenvalue weighted by atomic mass is 10.1. The van der Waals surface area contributed by atoms with Gasteiger partial charge in [0, 0.05) is 50.6 Å². The monoisotopic (exact) mass is 391 g/mol. The molecule has 1 saturated heterocycles. The highest BCUT2D eigenvalue weighted by Gasteiger charge is 2.31. The summed E-state index contributed by atoms with van der Waals surface area (Å²) in [6, 6.07) is 15.9. The summed E-state index contributed by atoms with van der Waals surface area (Å²) in [5, 5.41) is 8.80. The fourth-order valence-corrected chi connectivity index (χ4v) is 3.52. The van der Waals surface area contributed by atoms with Gasteiger partial charge in [-0.2, -0.15) is 0 Å². The average molecular weight is 391 g/mol. The highest BCUT2D eigenvalue weighted by Crippen LogP contribution is 2.29. The molecule has 0 bridgehead atoms. The van der Waals surface area contributed by atoms with E-state index in [4.69, 9.17) is 4.74 Å². The minimum Gasteiger partial charge on any atom is -0.496 e. The number of aromatic nitrogens is 3. The molecule has 0 aliphatic carbocycles. The SMILES string of the molecule is COc1ccccc1-c1ccc(N2CC(N(C)Cc3ccn(C)c(=O)c3)C2)nn1. The number of ether oxygens (including phenoxy) is 1. The van der Waals surface area contributed by atoms with Crippen LogP contribution in [0.1, 0.15) is 5.56 Å². The number of hydrogen-bond acceptors (Lipinski definition) is 6. The Kier molecular flexibility index (Phi) is 5.31. The number of nitrogens with zero attached hydrogens (tertiary/aromatic N) is 5. The van der Waals surface area contributed by atoms with Crippen LogP contribution in [-0.4, -0.2) is 53.0 Å². The van der Waals surface area contributed by atoms with Crippen molar-refractivity contribution in [2.45, 2.75) is 12.6 Å². The zero-order chi connectivity index (χ0) is 20.4. The number of hydrogen-bond donors (Lipinski definition) is 0. The fraction of sp³-hybridized carbons (Fsp3) is 0.318. The first kappa shape index (κ1) is 19.1. The van der Waals surface area contributed by atoms with Gasteiger partial charge in [0.05, 0.1) is 12.8 Å². The number of para-hydroxylation sites is 1. The molecule has 0 unspecified atom stereocenters. The van der Waals surface area contributed by atoms with Gasteiger partial charge in [0.1, 0.15) is 5.75 Å². The molecular formula is C22H25N5O2. The summed E-state index contributed by atoms with van der Waals surface area (Å²) >= 11 is 0. The molecule has 2 aromatic heterocycles. The molecule has 0 radical (unpaired) electrons. The van der Waals surface area contributed by atoms with E-state index in [-0.39, 0.29) is 5.56 Å². The summed E-state index contributed by atoms with van der Waals surface area (Å²) in [4.78, 5) is 16.3. The average Bonchev–Trinajstić information content (AvgIpc) is 2.70. The molecule has 150 valence electrons. The lowest BCUT2D eigenvalue weighted by Crippen LogP contribution is -2.58. The zero-order valence-corrected chi connectivity index (χ0v) is 16.9. The van der Waals surface area contributed by atoms with Crippen LogP contribution >= 0.6 is 0 Å². The van der Waals surface area contributed by atoms with E-state index in [1.165, 1.54) is 0 Å². The van der Waals surface area contributed by atoms with E-state index in [9.17, 15) is 4.79 Å². The molecule has 29 heavy (non-hydrogen) atoms. The molecule has 1 aromatic carbocycles. The van der Waals surface area contributed by atoms with Gasteiger partial charge in [0.15, 0.2) is 5.82 Å². The van der Waals surface area contributed by atoms with Crippen LogP contribution in [0.4, 0.5) is 5.82 Å². The number of methoxy groups -OCH3 is 1. The Hall–Kier alpha value is -3.19. The van der Waals surface area contributed by atoms with Crippen molar-refractivity contribution < 1.29 is 4.74 Å². The third kappa shape index (κ3) is 4.00. The number of aryl methyl sites for hydroxylation is 1. The normalized spacial score (nSPS) is 14.1. The van der Waals surface area contributed by atoms with Crippen molar-refractivity contribution >= 4 is 5.82 Å². The first-order valence-corrected chi connectivity index (χ1v) is 9.63. The quantitative estimate of drug-likeness (QED) is 0.642. The van der Waals surface area contributed by atoms with Gasteiger partial charge in [-0.25, -0.2) is 0 Å². The van der Waals surface area contributed by atoms with Crippen LogP contribution in [0.25, 0.3) is 11.3 Å². The fourth-order valence-electron chi connectivity index (χ4n) is 3.52. The van der Waals surface area contributed by atoms with Gasteiger partial charge < -0.3 is 14.2 Å². The van der Waals surface area contributed by atoms with Crippen molar-refractivity contribution in [3.8, 4) is 17.0 Å². The second-order valence-electron chi connectivity index (χ2n) is 7.44. The number of likely N-dealkylation sites (N-methyl/N-ethyl adjacent to an activating group) is 1. The zero-order valence-electron chi connectivity index (χ0n) is 16.9. The van der Waals surface area contributed by atoms with Gasteiger partial charge in [-0.05, 0) is 42.9 Å². The molecule has 3 aromatic rings. The molecule has 0 N–H and O–H groups in total. The van der Waals surface area contributed by atoms with E-state index in [1.807, 2.05) is 48.7 Å². The molecular weight excluding hydrogens is 366 g/mol. The van der Waals surface area contributed by atoms with Crippen LogP contribution in [-0.2, 0) is 13.6 Å². The number of rotatable bonds is 6. The highest BCUT2D eigenvalue weighted by atomic mass is 16.5. The Bertz CT molecular complexity index is 1040. The van der Waals surface area contributed by atoms with E-state index in [0.29, 0.717) is 6.04 Å². The Morgan fingerprint density at radius 1 is 1.14 bits per heavy atom. The lowest BCUT2D eigenvalue weighted by Gasteiger charge is -2.44. The lowest BCUT2D eigenvalue weighted by molar-refractivity contribution is 0.196. The first-order chi connectivity index (χ1) is 14.0. The summed E-state index contributed by atoms with van der Waals surface area (Å²) in [7, 11) is 5.51. The largest absolute Gasteiger partial charge is 0.496 e. The molecule has 0 atom stereocenters. The van der Waals surface area contributed by atoms with Gasteiger partial charge >= 0.3 is 0 Å². The van der Waals surface area contributed by atoms with Gasteiger partial charge in [-0.15, -0.1) is 10.2 Å². The van der Waals surface area contributed by atoms with Crippen molar-refractivity contribution in [1.29, 1.82) is 0 Å². The first-order valence-electron chi connectivity index (χ1n) is 9.63. The van der Waals surface area contributed by atoms with Crippen molar-refractivity contribution in [3.63, 3.8) is 0 Å². The van der Waals surface area contributed by atoms with Gasteiger partial charge in [0.25, 0.3) is 5.56 Å². The third-order valence-corrected chi connectivity index (χ3v) is 5.44. The molecule has 7 heteroatoms. The van der Waals surface area contributed by atoms with Gasteiger partial charge in [-0.1, -0.05) is 12.1 Å². The van der Waals surface area contributed by atoms with Crippen LogP contribution < -0.4 is 15.2 Å². The number of pyridine rings is 1. The number of benzene rings is 1. The summed E-state index contributed by atoms with van der Waals surface area (Å²) in [6.45, 7) is 2.54. The summed E-state index contributed by atoms with van der Waals surface area (Å²) in [6.07, 6.45) is 1.82. The molecule has 0 saturated carbocycles. The van der Waals surface area contributed by atoms with Crippen molar-refractivity contribution in [2.24, 2.45) is 7.05 Å². The maximum atomic E-state index is 11.8. The van der Waals surface area contributed by atoms with Gasteiger partial charge in [0.2, 0.25) is 0 Å². The van der Waals surface area contributed by atoms with Crippen LogP contribution in [0.5, 0.6) is 5.75 Å². The van der Waals surface area contributed by atoms with Crippen molar-refractivity contribution in [1.82, 2.24) is 19.7 Å². The van der Waals surface area contributed by atoms with E-state index in [0.717, 1.165) is 48.0 Å². The van der Waals surface area contributed by atoms with Crippen LogP contribution in [0.3, 0.4) is 0 Å². The standard InChI is InChI=1S/C22H25N5O2/c1-25-11-10-16(12-22(25)28)13-26(2)17-14-27(15-17)21-9-8-19(23-24-21)18-6-4-5-7-20(18)29-3/h4-12,17H,13-15H2,1-3H3. The second-order valence-corrected chi connectivity index (χ2v) is 7.44. The predicted molar refractivity (Wildman–Crippen MR) is 113 cm³/mol. The second kappa shape index (κ2) is 8.05. The molecule has 7 nitrogen and oxygen atoms in total. The maximum Gasteiger partial charge on any atom is 0.250 e. The van der Waals surface area contributed by atoms with Crippen LogP contribution in [0.2, 0.25) is 0 Å².